The summed E-state index contributed by atoms with van der Waals surface area (Å²) >= 11 is 0. The normalized spacial score (nSPS) is 16.4. The highest BCUT2D eigenvalue weighted by Gasteiger charge is 2.30. The molecule has 20 heavy (non-hydrogen) atoms. The van der Waals surface area contributed by atoms with Gasteiger partial charge in [-0.15, -0.1) is 0 Å². The lowest BCUT2D eigenvalue weighted by atomic mass is 9.94. The fourth-order valence-corrected chi connectivity index (χ4v) is 2.43. The van der Waals surface area contributed by atoms with Gasteiger partial charge >= 0.3 is 0 Å². The third-order valence-corrected chi connectivity index (χ3v) is 3.46. The predicted molar refractivity (Wildman–Crippen MR) is 79.8 cm³/mol. The quantitative estimate of drug-likeness (QED) is 0.784. The molecule has 2 heterocycles. The second-order valence-corrected chi connectivity index (χ2v) is 6.48. The monoisotopic (exact) mass is 276 g/mol. The molecule has 0 aliphatic carbocycles. The number of carbonyl (C=O) groups excluding carboxylic acids is 1. The van der Waals surface area contributed by atoms with E-state index in [0.29, 0.717) is 0 Å². The Morgan fingerprint density at radius 2 is 1.55 bits per heavy atom. The molecule has 110 valence electrons. The van der Waals surface area contributed by atoms with Crippen LogP contribution in [-0.4, -0.2) is 47.0 Å². The Hall–Kier alpha value is -1.65. The largest absolute Gasteiger partial charge is 0.339 e. The molecule has 0 N–H and O–H groups in total. The van der Waals surface area contributed by atoms with Crippen LogP contribution in [0.3, 0.4) is 0 Å². The number of nitrogens with zero attached hydrogens (tertiary/aromatic N) is 4. The van der Waals surface area contributed by atoms with Crippen LogP contribution in [0, 0.1) is 19.3 Å². The number of rotatable bonds is 1. The number of hydrogen-bond acceptors (Lipinski definition) is 4. The topological polar surface area (TPSA) is 49.3 Å². The van der Waals surface area contributed by atoms with Crippen molar-refractivity contribution in [2.45, 2.75) is 34.6 Å². The van der Waals surface area contributed by atoms with Crippen LogP contribution in [0.5, 0.6) is 0 Å². The molecule has 1 amide bonds. The van der Waals surface area contributed by atoms with Crippen molar-refractivity contribution < 1.29 is 4.79 Å². The maximum atomic E-state index is 12.2. The summed E-state index contributed by atoms with van der Waals surface area (Å²) in [6, 6.07) is 1.98. The van der Waals surface area contributed by atoms with E-state index < -0.39 is 0 Å². The number of aromatic nitrogens is 2. The van der Waals surface area contributed by atoms with Crippen molar-refractivity contribution in [3.63, 3.8) is 0 Å². The standard InChI is InChI=1S/C15H24N4O/c1-11-10-12(2)17-14(16-11)19-8-6-18(7-9-19)13(20)15(3,4)5/h10H,6-9H2,1-5H3. The molecule has 0 unspecified atom stereocenters. The van der Waals surface area contributed by atoms with Gasteiger partial charge in [0, 0.05) is 43.0 Å². The van der Waals surface area contributed by atoms with Gasteiger partial charge in [-0.05, 0) is 19.9 Å². The van der Waals surface area contributed by atoms with Crippen LogP contribution in [-0.2, 0) is 4.79 Å². The molecule has 0 saturated carbocycles. The van der Waals surface area contributed by atoms with E-state index >= 15 is 0 Å². The molecular formula is C15H24N4O. The summed E-state index contributed by atoms with van der Waals surface area (Å²) in [6.45, 7) is 12.9. The van der Waals surface area contributed by atoms with Gasteiger partial charge in [-0.3, -0.25) is 4.79 Å². The van der Waals surface area contributed by atoms with E-state index in [2.05, 4.69) is 14.9 Å². The summed E-state index contributed by atoms with van der Waals surface area (Å²) in [7, 11) is 0. The Morgan fingerprint density at radius 3 is 2.00 bits per heavy atom. The lowest BCUT2D eigenvalue weighted by molar-refractivity contribution is -0.139. The van der Waals surface area contributed by atoms with Crippen molar-refractivity contribution in [1.82, 2.24) is 14.9 Å². The van der Waals surface area contributed by atoms with E-state index in [4.69, 9.17) is 0 Å². The first kappa shape index (κ1) is 14.8. The van der Waals surface area contributed by atoms with Crippen LogP contribution in [0.1, 0.15) is 32.2 Å². The second-order valence-electron chi connectivity index (χ2n) is 6.48. The first-order valence-corrected chi connectivity index (χ1v) is 7.14. The molecule has 1 saturated heterocycles. The molecule has 1 aliphatic rings. The van der Waals surface area contributed by atoms with Crippen molar-refractivity contribution >= 4 is 11.9 Å². The molecule has 5 nitrogen and oxygen atoms in total. The molecule has 5 heteroatoms. The van der Waals surface area contributed by atoms with Gasteiger partial charge < -0.3 is 9.80 Å². The molecule has 0 aromatic carbocycles. The van der Waals surface area contributed by atoms with E-state index in [0.717, 1.165) is 43.5 Å². The number of hydrogen-bond donors (Lipinski definition) is 0. The van der Waals surface area contributed by atoms with Crippen molar-refractivity contribution in [1.29, 1.82) is 0 Å². The minimum atomic E-state index is -0.307. The fraction of sp³-hybridized carbons (Fsp3) is 0.667. The Labute approximate surface area is 121 Å². The third kappa shape index (κ3) is 3.26. The van der Waals surface area contributed by atoms with Crippen LogP contribution in [0.2, 0.25) is 0 Å². The zero-order chi connectivity index (χ0) is 14.9. The number of anilines is 1. The van der Waals surface area contributed by atoms with Crippen LogP contribution < -0.4 is 4.90 Å². The molecule has 1 fully saturated rings. The molecule has 0 bridgehead atoms. The molecule has 0 spiro atoms. The average molecular weight is 276 g/mol. The summed E-state index contributed by atoms with van der Waals surface area (Å²) in [5.74, 6) is 1.00. The number of amides is 1. The highest BCUT2D eigenvalue weighted by atomic mass is 16.2. The minimum absolute atomic E-state index is 0.221. The third-order valence-electron chi connectivity index (χ3n) is 3.46. The SMILES string of the molecule is Cc1cc(C)nc(N2CCN(C(=O)C(C)(C)C)CC2)n1. The van der Waals surface area contributed by atoms with Crippen molar-refractivity contribution in [2.75, 3.05) is 31.1 Å². The highest BCUT2D eigenvalue weighted by molar-refractivity contribution is 5.81. The number of carbonyl (C=O) groups is 1. The van der Waals surface area contributed by atoms with E-state index in [9.17, 15) is 4.79 Å². The lowest BCUT2D eigenvalue weighted by Crippen LogP contribution is -2.52. The fourth-order valence-electron chi connectivity index (χ4n) is 2.43. The van der Waals surface area contributed by atoms with E-state index in [1.54, 1.807) is 0 Å². The Bertz CT molecular complexity index is 479. The Kier molecular flexibility index (Phi) is 3.97. The molecule has 0 atom stereocenters. The maximum absolute atomic E-state index is 12.2. The predicted octanol–water partition coefficient (Wildman–Crippen LogP) is 1.79. The summed E-state index contributed by atoms with van der Waals surface area (Å²) in [5, 5.41) is 0. The molecule has 0 radical (unpaired) electrons. The Balaban J connectivity index is 2.03. The maximum Gasteiger partial charge on any atom is 0.228 e. The summed E-state index contributed by atoms with van der Waals surface area (Å²) in [6.07, 6.45) is 0. The van der Waals surface area contributed by atoms with E-state index in [-0.39, 0.29) is 11.3 Å². The molecule has 1 aliphatic heterocycles. The summed E-state index contributed by atoms with van der Waals surface area (Å²) in [5.41, 5.74) is 1.67. The van der Waals surface area contributed by atoms with E-state index in [1.165, 1.54) is 0 Å². The van der Waals surface area contributed by atoms with E-state index in [1.807, 2.05) is 45.6 Å². The second kappa shape index (κ2) is 5.38. The summed E-state index contributed by atoms with van der Waals surface area (Å²) < 4.78 is 0. The van der Waals surface area contributed by atoms with Gasteiger partial charge in [-0.25, -0.2) is 9.97 Å². The molecule has 2 rings (SSSR count). The van der Waals surface area contributed by atoms with Gasteiger partial charge in [0.15, 0.2) is 0 Å². The zero-order valence-electron chi connectivity index (χ0n) is 13.1. The van der Waals surface area contributed by atoms with Crippen molar-refractivity contribution in [3.05, 3.63) is 17.5 Å². The van der Waals surface area contributed by atoms with Crippen LogP contribution in [0.25, 0.3) is 0 Å². The average Bonchev–Trinajstić information content (AvgIpc) is 2.36. The van der Waals surface area contributed by atoms with Crippen LogP contribution in [0.4, 0.5) is 5.95 Å². The highest BCUT2D eigenvalue weighted by Crippen LogP contribution is 2.20. The van der Waals surface area contributed by atoms with Gasteiger partial charge in [-0.2, -0.15) is 0 Å². The van der Waals surface area contributed by atoms with Gasteiger partial charge in [0.1, 0.15) is 0 Å². The van der Waals surface area contributed by atoms with Crippen LogP contribution in [0.15, 0.2) is 6.07 Å². The number of aryl methyl sites for hydroxylation is 2. The lowest BCUT2D eigenvalue weighted by Gasteiger charge is -2.37. The smallest absolute Gasteiger partial charge is 0.228 e. The minimum Gasteiger partial charge on any atom is -0.339 e. The Morgan fingerprint density at radius 1 is 1.05 bits per heavy atom. The first-order valence-electron chi connectivity index (χ1n) is 7.14. The molecule has 1 aromatic rings. The van der Waals surface area contributed by atoms with Gasteiger partial charge in [0.2, 0.25) is 11.9 Å². The molecular weight excluding hydrogens is 252 g/mol. The zero-order valence-corrected chi connectivity index (χ0v) is 13.1. The summed E-state index contributed by atoms with van der Waals surface area (Å²) in [4.78, 5) is 25.3. The van der Waals surface area contributed by atoms with Gasteiger partial charge in [0.25, 0.3) is 0 Å². The van der Waals surface area contributed by atoms with Crippen molar-refractivity contribution in [3.8, 4) is 0 Å². The van der Waals surface area contributed by atoms with Gasteiger partial charge in [0.05, 0.1) is 0 Å². The van der Waals surface area contributed by atoms with Crippen molar-refractivity contribution in [2.24, 2.45) is 5.41 Å². The first-order chi connectivity index (χ1) is 9.27. The van der Waals surface area contributed by atoms with Crippen LogP contribution >= 0.6 is 0 Å². The number of piperazine rings is 1. The molecule has 1 aromatic heterocycles. The van der Waals surface area contributed by atoms with Gasteiger partial charge in [-0.1, -0.05) is 20.8 Å².